The summed E-state index contributed by atoms with van der Waals surface area (Å²) in [7, 11) is 0. The van der Waals surface area contributed by atoms with Crippen molar-refractivity contribution < 1.29 is 14.6 Å². The third-order valence-corrected chi connectivity index (χ3v) is 2.96. The molecular formula is C15H18N2O3. The van der Waals surface area contributed by atoms with Gasteiger partial charge in [0.15, 0.2) is 0 Å². The molecule has 1 heterocycles. The second-order valence-electron chi connectivity index (χ2n) is 4.47. The Balaban J connectivity index is 1.91. The van der Waals surface area contributed by atoms with Crippen molar-refractivity contribution >= 4 is 5.97 Å². The van der Waals surface area contributed by atoms with Gasteiger partial charge in [0.2, 0.25) is 0 Å². The van der Waals surface area contributed by atoms with E-state index in [9.17, 15) is 4.79 Å². The lowest BCUT2D eigenvalue weighted by atomic mass is 10.2. The van der Waals surface area contributed by atoms with Gasteiger partial charge in [-0.15, -0.1) is 0 Å². The minimum Gasteiger partial charge on any atom is -0.492 e. The van der Waals surface area contributed by atoms with Crippen LogP contribution in [-0.4, -0.2) is 27.2 Å². The van der Waals surface area contributed by atoms with Crippen LogP contribution in [0.2, 0.25) is 0 Å². The van der Waals surface area contributed by atoms with Crippen molar-refractivity contribution in [3.8, 4) is 5.75 Å². The van der Waals surface area contributed by atoms with E-state index in [1.165, 1.54) is 6.07 Å². The fraction of sp³-hybridized carbons (Fsp3) is 0.333. The summed E-state index contributed by atoms with van der Waals surface area (Å²) in [6.45, 7) is 3.30. The van der Waals surface area contributed by atoms with Gasteiger partial charge in [0, 0.05) is 18.8 Å². The number of benzene rings is 1. The van der Waals surface area contributed by atoms with Crippen LogP contribution < -0.4 is 4.74 Å². The van der Waals surface area contributed by atoms with Gasteiger partial charge in [-0.3, -0.25) is 0 Å². The van der Waals surface area contributed by atoms with Crippen LogP contribution in [0.15, 0.2) is 36.7 Å². The van der Waals surface area contributed by atoms with Crippen molar-refractivity contribution in [3.63, 3.8) is 0 Å². The molecule has 0 aliphatic heterocycles. The fourth-order valence-electron chi connectivity index (χ4n) is 1.98. The quantitative estimate of drug-likeness (QED) is 0.843. The van der Waals surface area contributed by atoms with Crippen LogP contribution in [0.4, 0.5) is 0 Å². The minimum absolute atomic E-state index is 0.233. The monoisotopic (exact) mass is 274 g/mol. The summed E-state index contributed by atoms with van der Waals surface area (Å²) >= 11 is 0. The van der Waals surface area contributed by atoms with Crippen LogP contribution in [0.25, 0.3) is 0 Å². The number of imidazole rings is 1. The molecule has 0 saturated heterocycles. The molecule has 1 aromatic heterocycles. The molecule has 0 amide bonds. The topological polar surface area (TPSA) is 64.4 Å². The molecule has 1 aromatic carbocycles. The zero-order valence-electron chi connectivity index (χ0n) is 11.5. The minimum atomic E-state index is -0.949. The van der Waals surface area contributed by atoms with Crippen molar-refractivity contribution in [2.45, 2.75) is 26.3 Å². The summed E-state index contributed by atoms with van der Waals surface area (Å²) in [4.78, 5) is 15.2. The molecule has 0 radical (unpaired) electrons. The molecular weight excluding hydrogens is 256 g/mol. The van der Waals surface area contributed by atoms with Crippen molar-refractivity contribution in [3.05, 3.63) is 48.0 Å². The van der Waals surface area contributed by atoms with E-state index in [4.69, 9.17) is 9.84 Å². The fourth-order valence-corrected chi connectivity index (χ4v) is 1.98. The summed E-state index contributed by atoms with van der Waals surface area (Å²) in [5.74, 6) is 0.674. The lowest BCUT2D eigenvalue weighted by Gasteiger charge is -2.09. The first-order valence-electron chi connectivity index (χ1n) is 6.67. The third kappa shape index (κ3) is 3.60. The molecule has 0 bridgehead atoms. The lowest BCUT2D eigenvalue weighted by molar-refractivity contribution is 0.0696. The number of aromatic nitrogens is 2. The van der Waals surface area contributed by atoms with E-state index >= 15 is 0 Å². The number of hydrogen-bond acceptors (Lipinski definition) is 3. The molecule has 0 saturated carbocycles. The van der Waals surface area contributed by atoms with Crippen LogP contribution in [0.1, 0.15) is 29.5 Å². The molecule has 0 unspecified atom stereocenters. The van der Waals surface area contributed by atoms with Gasteiger partial charge in [0.25, 0.3) is 0 Å². The number of carboxylic acids is 1. The Labute approximate surface area is 117 Å². The summed E-state index contributed by atoms with van der Waals surface area (Å²) in [6.07, 6.45) is 5.72. The van der Waals surface area contributed by atoms with E-state index in [-0.39, 0.29) is 5.56 Å². The average Bonchev–Trinajstić information content (AvgIpc) is 2.87. The van der Waals surface area contributed by atoms with E-state index < -0.39 is 5.97 Å². The normalized spacial score (nSPS) is 10.4. The summed E-state index contributed by atoms with van der Waals surface area (Å²) in [6, 6.07) is 6.51. The number of hydrogen-bond donors (Lipinski definition) is 1. The number of carbonyl (C=O) groups is 1. The van der Waals surface area contributed by atoms with Crippen LogP contribution >= 0.6 is 0 Å². The highest BCUT2D eigenvalue weighted by molar-refractivity contribution is 5.87. The van der Waals surface area contributed by atoms with Crippen molar-refractivity contribution in [2.24, 2.45) is 0 Å². The predicted octanol–water partition coefficient (Wildman–Crippen LogP) is 2.61. The standard InChI is InChI=1S/C15H18N2O3/c1-2-4-14-16-7-8-17(14)9-10-20-13-6-3-5-12(11-13)15(18)19/h3,5-8,11H,2,4,9-10H2,1H3,(H,18,19). The summed E-state index contributed by atoms with van der Waals surface area (Å²) in [5.41, 5.74) is 0.233. The first-order valence-corrected chi connectivity index (χ1v) is 6.67. The molecule has 20 heavy (non-hydrogen) atoms. The molecule has 0 fully saturated rings. The van der Waals surface area contributed by atoms with E-state index in [0.29, 0.717) is 18.9 Å². The maximum atomic E-state index is 10.9. The number of carboxylic acid groups (broad SMARTS) is 1. The molecule has 0 aliphatic carbocycles. The highest BCUT2D eigenvalue weighted by Gasteiger charge is 2.05. The number of nitrogens with zero attached hydrogens (tertiary/aromatic N) is 2. The maximum Gasteiger partial charge on any atom is 0.335 e. The lowest BCUT2D eigenvalue weighted by Crippen LogP contribution is -2.10. The van der Waals surface area contributed by atoms with E-state index in [2.05, 4.69) is 16.5 Å². The number of aromatic carboxylic acids is 1. The smallest absolute Gasteiger partial charge is 0.335 e. The van der Waals surface area contributed by atoms with Crippen LogP contribution in [0.3, 0.4) is 0 Å². The Morgan fingerprint density at radius 2 is 2.30 bits per heavy atom. The van der Waals surface area contributed by atoms with Gasteiger partial charge in [-0.1, -0.05) is 13.0 Å². The number of aryl methyl sites for hydroxylation is 1. The molecule has 2 aromatic rings. The largest absolute Gasteiger partial charge is 0.492 e. The first kappa shape index (κ1) is 14.1. The van der Waals surface area contributed by atoms with Gasteiger partial charge in [0.1, 0.15) is 18.2 Å². The first-order chi connectivity index (χ1) is 9.70. The molecule has 1 N–H and O–H groups in total. The average molecular weight is 274 g/mol. The van der Waals surface area contributed by atoms with E-state index in [0.717, 1.165) is 18.7 Å². The van der Waals surface area contributed by atoms with E-state index in [1.807, 2.05) is 6.20 Å². The van der Waals surface area contributed by atoms with Crippen LogP contribution in [-0.2, 0) is 13.0 Å². The highest BCUT2D eigenvalue weighted by Crippen LogP contribution is 2.13. The highest BCUT2D eigenvalue weighted by atomic mass is 16.5. The third-order valence-electron chi connectivity index (χ3n) is 2.96. The molecule has 106 valence electrons. The molecule has 0 atom stereocenters. The van der Waals surface area contributed by atoms with E-state index in [1.54, 1.807) is 24.4 Å². The molecule has 0 aliphatic rings. The molecule has 2 rings (SSSR count). The Morgan fingerprint density at radius 3 is 3.05 bits per heavy atom. The Morgan fingerprint density at radius 1 is 1.45 bits per heavy atom. The Kier molecular flexibility index (Phi) is 4.76. The van der Waals surface area contributed by atoms with Crippen molar-refractivity contribution in [1.82, 2.24) is 9.55 Å². The van der Waals surface area contributed by atoms with Gasteiger partial charge in [-0.05, 0) is 24.6 Å². The number of ether oxygens (including phenoxy) is 1. The van der Waals surface area contributed by atoms with Crippen LogP contribution in [0.5, 0.6) is 5.75 Å². The van der Waals surface area contributed by atoms with Crippen molar-refractivity contribution in [2.75, 3.05) is 6.61 Å². The van der Waals surface area contributed by atoms with Gasteiger partial charge in [-0.25, -0.2) is 9.78 Å². The zero-order valence-corrected chi connectivity index (χ0v) is 11.5. The molecule has 5 heteroatoms. The number of rotatable bonds is 7. The Hall–Kier alpha value is -2.30. The second kappa shape index (κ2) is 6.75. The van der Waals surface area contributed by atoms with Crippen LogP contribution in [0, 0.1) is 0 Å². The summed E-state index contributed by atoms with van der Waals surface area (Å²) < 4.78 is 7.65. The van der Waals surface area contributed by atoms with Gasteiger partial charge in [0.05, 0.1) is 12.1 Å². The van der Waals surface area contributed by atoms with Crippen molar-refractivity contribution in [1.29, 1.82) is 0 Å². The van der Waals surface area contributed by atoms with Gasteiger partial charge in [-0.2, -0.15) is 0 Å². The molecule has 0 spiro atoms. The molecule has 5 nitrogen and oxygen atoms in total. The van der Waals surface area contributed by atoms with Gasteiger partial charge < -0.3 is 14.4 Å². The zero-order chi connectivity index (χ0) is 14.4. The Bertz CT molecular complexity index is 578. The second-order valence-corrected chi connectivity index (χ2v) is 4.47. The van der Waals surface area contributed by atoms with Gasteiger partial charge >= 0.3 is 5.97 Å². The summed E-state index contributed by atoms with van der Waals surface area (Å²) in [5, 5.41) is 8.91. The maximum absolute atomic E-state index is 10.9. The predicted molar refractivity (Wildman–Crippen MR) is 75.1 cm³/mol. The SMILES string of the molecule is CCCc1nccn1CCOc1cccc(C(=O)O)c1.